The average molecular weight is 458 g/mol. The van der Waals surface area contributed by atoms with Crippen LogP contribution in [0.15, 0.2) is 42.5 Å². The van der Waals surface area contributed by atoms with Crippen LogP contribution in [0.25, 0.3) is 0 Å². The molecule has 2 aromatic carbocycles. The third kappa shape index (κ3) is 5.13. The summed E-state index contributed by atoms with van der Waals surface area (Å²) in [6.07, 6.45) is 4.28. The molecular weight excluding hydrogens is 429 g/mol. The van der Waals surface area contributed by atoms with Crippen molar-refractivity contribution in [2.24, 2.45) is 5.92 Å². The number of anilines is 1. The van der Waals surface area contributed by atoms with Crippen LogP contribution in [-0.4, -0.2) is 53.8 Å². The first-order chi connectivity index (χ1) is 15.4. The number of carbonyl (C=O) groups is 2. The first kappa shape index (κ1) is 22.7. The predicted octanol–water partition coefficient (Wildman–Crippen LogP) is 4.74. The summed E-state index contributed by atoms with van der Waals surface area (Å²) in [4.78, 5) is 30.2. The number of hydrogen-bond acceptors (Lipinski definition) is 3. The van der Waals surface area contributed by atoms with Crippen LogP contribution in [0.4, 0.5) is 10.1 Å². The largest absolute Gasteiger partial charge is 0.336 e. The van der Waals surface area contributed by atoms with Gasteiger partial charge in [0.2, 0.25) is 5.91 Å². The minimum Gasteiger partial charge on any atom is -0.336 e. The van der Waals surface area contributed by atoms with Crippen LogP contribution in [0.5, 0.6) is 0 Å². The molecule has 5 nitrogen and oxygen atoms in total. The van der Waals surface area contributed by atoms with Gasteiger partial charge in [0.15, 0.2) is 0 Å². The molecule has 1 N–H and O–H groups in total. The molecule has 2 amide bonds. The molecule has 2 fully saturated rings. The van der Waals surface area contributed by atoms with Gasteiger partial charge in [0.05, 0.1) is 6.04 Å². The first-order valence-corrected chi connectivity index (χ1v) is 11.7. The van der Waals surface area contributed by atoms with Crippen molar-refractivity contribution in [1.82, 2.24) is 9.80 Å². The molecule has 7 heteroatoms. The van der Waals surface area contributed by atoms with Crippen molar-refractivity contribution < 1.29 is 14.0 Å². The lowest BCUT2D eigenvalue weighted by atomic mass is 9.94. The molecule has 1 atom stereocenters. The van der Waals surface area contributed by atoms with Gasteiger partial charge < -0.3 is 10.2 Å². The average Bonchev–Trinajstić information content (AvgIpc) is 3.31. The number of hydrogen-bond donors (Lipinski definition) is 1. The molecule has 4 rings (SSSR count). The van der Waals surface area contributed by atoms with E-state index in [1.165, 1.54) is 6.07 Å². The number of nitrogens with zero attached hydrogens (tertiary/aromatic N) is 2. The smallest absolute Gasteiger partial charge is 0.253 e. The first-order valence-electron chi connectivity index (χ1n) is 11.3. The summed E-state index contributed by atoms with van der Waals surface area (Å²) in [5, 5.41) is 3.48. The predicted molar refractivity (Wildman–Crippen MR) is 124 cm³/mol. The number of benzene rings is 2. The summed E-state index contributed by atoms with van der Waals surface area (Å²) < 4.78 is 14.0. The third-order valence-electron chi connectivity index (χ3n) is 6.62. The van der Waals surface area contributed by atoms with Crippen molar-refractivity contribution in [2.45, 2.75) is 38.6 Å². The Morgan fingerprint density at radius 1 is 1.06 bits per heavy atom. The van der Waals surface area contributed by atoms with E-state index in [2.05, 4.69) is 10.2 Å². The molecule has 1 heterocycles. The fourth-order valence-electron chi connectivity index (χ4n) is 4.85. The Bertz CT molecular complexity index is 985. The topological polar surface area (TPSA) is 52.7 Å². The Hall–Kier alpha value is -2.44. The Morgan fingerprint density at radius 2 is 1.78 bits per heavy atom. The number of halogens is 2. The lowest BCUT2D eigenvalue weighted by molar-refractivity contribution is -0.123. The fraction of sp³-hybridized carbons (Fsp3) is 0.440. The van der Waals surface area contributed by atoms with Gasteiger partial charge in [-0.3, -0.25) is 14.5 Å². The maximum absolute atomic E-state index is 14.0. The molecule has 2 aliphatic rings. The number of piperazine rings is 1. The summed E-state index contributed by atoms with van der Waals surface area (Å²) in [5.41, 5.74) is 1.61. The van der Waals surface area contributed by atoms with Crippen molar-refractivity contribution in [3.05, 3.63) is 64.4 Å². The van der Waals surface area contributed by atoms with E-state index in [1.54, 1.807) is 43.3 Å². The quantitative estimate of drug-likeness (QED) is 0.705. The van der Waals surface area contributed by atoms with Crippen LogP contribution in [0, 0.1) is 18.7 Å². The van der Waals surface area contributed by atoms with Gasteiger partial charge in [-0.15, -0.1) is 0 Å². The summed E-state index contributed by atoms with van der Waals surface area (Å²) in [7, 11) is 0. The van der Waals surface area contributed by atoms with Crippen molar-refractivity contribution in [3.8, 4) is 0 Å². The second kappa shape index (κ2) is 10.0. The number of rotatable bonds is 5. The summed E-state index contributed by atoms with van der Waals surface area (Å²) >= 11 is 6.04. The van der Waals surface area contributed by atoms with E-state index in [0.29, 0.717) is 48.0 Å². The van der Waals surface area contributed by atoms with Crippen molar-refractivity contribution in [2.75, 3.05) is 31.5 Å². The highest BCUT2D eigenvalue weighted by Gasteiger charge is 2.37. The van der Waals surface area contributed by atoms with Crippen LogP contribution in [0.3, 0.4) is 0 Å². The SMILES string of the molecule is Cc1ccc(NC(=O)C(C2CCCC2)N2CCN(C(=O)c3cccc(Cl)c3)CC2)cc1F. The van der Waals surface area contributed by atoms with Crippen LogP contribution in [0.1, 0.15) is 41.6 Å². The van der Waals surface area contributed by atoms with Gasteiger partial charge in [-0.1, -0.05) is 36.6 Å². The zero-order valence-corrected chi connectivity index (χ0v) is 19.1. The van der Waals surface area contributed by atoms with E-state index in [-0.39, 0.29) is 29.6 Å². The van der Waals surface area contributed by atoms with E-state index in [4.69, 9.17) is 11.6 Å². The molecule has 0 bridgehead atoms. The molecule has 1 unspecified atom stereocenters. The molecule has 1 saturated carbocycles. The molecule has 32 heavy (non-hydrogen) atoms. The summed E-state index contributed by atoms with van der Waals surface area (Å²) in [5.74, 6) is -0.173. The molecule has 2 aromatic rings. The Kier molecular flexibility index (Phi) is 7.11. The lowest BCUT2D eigenvalue weighted by Gasteiger charge is -2.40. The van der Waals surface area contributed by atoms with Crippen molar-refractivity contribution >= 4 is 29.1 Å². The highest BCUT2D eigenvalue weighted by Crippen LogP contribution is 2.32. The Morgan fingerprint density at radius 3 is 2.44 bits per heavy atom. The minimum absolute atomic E-state index is 0.0378. The van der Waals surface area contributed by atoms with Crippen LogP contribution >= 0.6 is 11.6 Å². The standard InChI is InChI=1S/C25H29ClFN3O2/c1-17-9-10-21(16-22(17)27)28-24(31)23(18-5-2-3-6-18)29-11-13-30(14-12-29)25(32)19-7-4-8-20(26)15-19/h4,7-10,15-16,18,23H,2-3,5-6,11-14H2,1H3,(H,28,31). The summed E-state index contributed by atoms with van der Waals surface area (Å²) in [6.45, 7) is 4.07. The molecule has 0 spiro atoms. The van der Waals surface area contributed by atoms with Gasteiger partial charge in [-0.05, 0) is 61.6 Å². The Labute approximate surface area is 193 Å². The van der Waals surface area contributed by atoms with Gasteiger partial charge in [0.1, 0.15) is 5.82 Å². The van der Waals surface area contributed by atoms with Crippen LogP contribution < -0.4 is 5.32 Å². The number of carbonyl (C=O) groups excluding carboxylic acids is 2. The number of nitrogens with one attached hydrogen (secondary N) is 1. The van der Waals surface area contributed by atoms with Gasteiger partial charge >= 0.3 is 0 Å². The maximum Gasteiger partial charge on any atom is 0.253 e. The molecule has 170 valence electrons. The Balaban J connectivity index is 1.44. The van der Waals surface area contributed by atoms with E-state index in [1.807, 2.05) is 4.90 Å². The maximum atomic E-state index is 14.0. The highest BCUT2D eigenvalue weighted by molar-refractivity contribution is 6.30. The number of aryl methyl sites for hydroxylation is 1. The van der Waals surface area contributed by atoms with E-state index >= 15 is 0 Å². The fourth-order valence-corrected chi connectivity index (χ4v) is 5.04. The molecule has 1 aliphatic heterocycles. The zero-order valence-electron chi connectivity index (χ0n) is 18.3. The molecular formula is C25H29ClFN3O2. The highest BCUT2D eigenvalue weighted by atomic mass is 35.5. The second-order valence-corrected chi connectivity index (χ2v) is 9.22. The van der Waals surface area contributed by atoms with E-state index < -0.39 is 0 Å². The zero-order chi connectivity index (χ0) is 22.7. The van der Waals surface area contributed by atoms with Gasteiger partial charge in [0, 0.05) is 42.5 Å². The van der Waals surface area contributed by atoms with E-state index in [0.717, 1.165) is 25.7 Å². The van der Waals surface area contributed by atoms with Crippen molar-refractivity contribution in [3.63, 3.8) is 0 Å². The van der Waals surface area contributed by atoms with Crippen LogP contribution in [-0.2, 0) is 4.79 Å². The van der Waals surface area contributed by atoms with Gasteiger partial charge in [-0.2, -0.15) is 0 Å². The normalized spacial score (nSPS) is 18.5. The third-order valence-corrected chi connectivity index (χ3v) is 6.86. The molecule has 0 radical (unpaired) electrons. The monoisotopic (exact) mass is 457 g/mol. The molecule has 1 aliphatic carbocycles. The number of amides is 2. The second-order valence-electron chi connectivity index (χ2n) is 8.78. The van der Waals surface area contributed by atoms with Gasteiger partial charge in [-0.25, -0.2) is 4.39 Å². The lowest BCUT2D eigenvalue weighted by Crippen LogP contribution is -2.56. The van der Waals surface area contributed by atoms with Crippen LogP contribution in [0.2, 0.25) is 5.02 Å². The minimum atomic E-state index is -0.326. The molecule has 1 saturated heterocycles. The van der Waals surface area contributed by atoms with E-state index in [9.17, 15) is 14.0 Å². The summed E-state index contributed by atoms with van der Waals surface area (Å²) in [6, 6.07) is 11.5. The van der Waals surface area contributed by atoms with Gasteiger partial charge in [0.25, 0.3) is 5.91 Å². The van der Waals surface area contributed by atoms with Crippen molar-refractivity contribution in [1.29, 1.82) is 0 Å². The molecule has 0 aromatic heterocycles.